The number of rotatable bonds is 4. The van der Waals surface area contributed by atoms with E-state index in [2.05, 4.69) is 98.6 Å². The maximum absolute atomic E-state index is 6.04. The van der Waals surface area contributed by atoms with Crippen LogP contribution in [0.1, 0.15) is 121 Å². The third-order valence-corrected chi connectivity index (χ3v) is 17.7. The number of hydrogen-bond donors (Lipinski definition) is 0. The standard InChI is InChI=1S/2C16H24O4P2.4C4H8O.C2H6.6ClH.2Cr/c2*1-15(2)9-17-21(18-10-15)13-7-5-6-8-14(13)22-19-11-16(3,4)12-20-22;4*1-2-4-5-3-1;1-2;;;;;;;;/h2*5-8H,9-12H2,1-4H3;4*1-4H2;1-2H3;6*1H;;/q;;;;;;;;;;;;;2*+3. The van der Waals surface area contributed by atoms with Crippen molar-refractivity contribution >= 4 is 115 Å². The average molecular weight is 1330 g/mol. The summed E-state index contributed by atoms with van der Waals surface area (Å²) in [6, 6.07) is 16.5. The van der Waals surface area contributed by atoms with Gasteiger partial charge in [0, 0.05) is 83.6 Å². The molecule has 2 aromatic carbocycles. The van der Waals surface area contributed by atoms with E-state index in [4.69, 9.17) is 96.5 Å². The Bertz CT molecular complexity index is 1410. The van der Waals surface area contributed by atoms with Gasteiger partial charge in [0.1, 0.15) is 79.3 Å². The Balaban J connectivity index is 0.000000328. The van der Waals surface area contributed by atoms with Crippen molar-refractivity contribution < 1.29 is 77.9 Å². The van der Waals surface area contributed by atoms with Gasteiger partial charge in [-0.25, -0.2) is 18.1 Å². The average Bonchev–Trinajstić information content (AvgIpc) is 4.24. The van der Waals surface area contributed by atoms with Gasteiger partial charge < -0.3 is 37.0 Å². The molecule has 4 N–H and O–H groups in total. The monoisotopic (exact) mass is 1320 g/mol. The van der Waals surface area contributed by atoms with E-state index in [1.54, 1.807) is 0 Å². The Labute approximate surface area is 485 Å². The van der Waals surface area contributed by atoms with Crippen molar-refractivity contribution in [2.45, 2.75) is 121 Å². The van der Waals surface area contributed by atoms with E-state index in [9.17, 15) is 0 Å². The number of aliphatic hydroxyl groups is 8. The molecule has 8 fully saturated rings. The molecule has 8 aliphatic rings. The summed E-state index contributed by atoms with van der Waals surface area (Å²) in [6.07, 6.45) is 10.7. The van der Waals surface area contributed by atoms with Crippen LogP contribution in [0.2, 0.25) is 0 Å². The third kappa shape index (κ3) is 34.2. The first kappa shape index (κ1) is 72.6. The van der Waals surface area contributed by atoms with Crippen LogP contribution in [0.15, 0.2) is 48.5 Å². The zero-order valence-electron chi connectivity index (χ0n) is 45.6. The van der Waals surface area contributed by atoms with Gasteiger partial charge in [-0.2, -0.15) is 0 Å². The van der Waals surface area contributed by atoms with Crippen molar-refractivity contribution in [1.29, 1.82) is 0 Å². The van der Waals surface area contributed by atoms with Gasteiger partial charge >= 0.3 is 83.1 Å². The second kappa shape index (κ2) is 41.5. The molecule has 0 radical (unpaired) electrons. The van der Waals surface area contributed by atoms with Gasteiger partial charge in [-0.3, -0.25) is 0 Å². The van der Waals surface area contributed by atoms with E-state index >= 15 is 0 Å². The first-order chi connectivity index (χ1) is 35.2. The van der Waals surface area contributed by atoms with Crippen molar-refractivity contribution in [3.63, 3.8) is 0 Å². The molecule has 8 saturated heterocycles. The Morgan fingerprint density at radius 3 is 0.784 bits per heavy atom. The van der Waals surface area contributed by atoms with Gasteiger partial charge in [-0.15, -0.1) is 0 Å². The predicted molar refractivity (Wildman–Crippen MR) is 316 cm³/mol. The maximum atomic E-state index is 6.04. The summed E-state index contributed by atoms with van der Waals surface area (Å²) >= 11 is -3.25. The molecule has 0 amide bonds. The fraction of sp³-hybridized carbons (Fsp3) is 0.760. The Hall–Kier alpha value is 2.48. The second-order valence-corrected chi connectivity index (χ2v) is 39.9. The van der Waals surface area contributed by atoms with E-state index in [-0.39, 0.29) is 21.7 Å². The molecule has 0 atom stereocenters. The number of benzene rings is 2. The summed E-state index contributed by atoms with van der Waals surface area (Å²) in [4.78, 5) is 0. The summed E-state index contributed by atoms with van der Waals surface area (Å²) in [6.45, 7) is 36.2. The van der Waals surface area contributed by atoms with Crippen molar-refractivity contribution in [1.82, 2.24) is 0 Å². The van der Waals surface area contributed by atoms with Crippen molar-refractivity contribution in [3.05, 3.63) is 48.5 Å². The van der Waals surface area contributed by atoms with E-state index in [0.29, 0.717) is 0 Å². The van der Waals surface area contributed by atoms with E-state index in [1.807, 2.05) is 38.1 Å². The molecule has 74 heavy (non-hydrogen) atoms. The molecule has 0 unspecified atom stereocenters. The molecule has 0 bridgehead atoms. The Morgan fingerprint density at radius 2 is 0.581 bits per heavy atom. The molecule has 0 aliphatic carbocycles. The number of ether oxygens (including phenoxy) is 4. The number of halogens is 6. The fourth-order valence-corrected chi connectivity index (χ4v) is 15.3. The van der Waals surface area contributed by atoms with Crippen LogP contribution in [0.4, 0.5) is 0 Å². The Kier molecular flexibility index (Phi) is 40.7. The van der Waals surface area contributed by atoms with Crippen LogP contribution in [0, 0.1) is 21.7 Å². The van der Waals surface area contributed by atoms with Crippen molar-refractivity contribution in [2.75, 3.05) is 106 Å². The van der Waals surface area contributed by atoms with Gasteiger partial charge in [0.25, 0.3) is 16.8 Å². The zero-order valence-corrected chi connectivity index (χ0v) is 56.5. The molecule has 0 aromatic heterocycles. The molecule has 2 aromatic rings. The Morgan fingerprint density at radius 1 is 0.378 bits per heavy atom. The topological polar surface area (TPSA) is 125 Å². The summed E-state index contributed by atoms with van der Waals surface area (Å²) < 4.78 is 64.5. The van der Waals surface area contributed by atoms with Gasteiger partial charge in [0.15, 0.2) is 10.6 Å². The minimum absolute atomic E-state index is 0.0843. The molecule has 10 rings (SSSR count). The molecule has 8 heterocycles. The van der Waals surface area contributed by atoms with Crippen LogP contribution in [-0.2, 0) is 59.0 Å². The van der Waals surface area contributed by atoms with Crippen molar-refractivity contribution in [2.24, 2.45) is 21.7 Å². The molecule has 432 valence electrons. The van der Waals surface area contributed by atoms with Crippen LogP contribution in [0.3, 0.4) is 0 Å². The minimum atomic E-state index is -1.62. The van der Waals surface area contributed by atoms with Crippen LogP contribution in [-0.4, -0.2) is 125 Å². The summed E-state index contributed by atoms with van der Waals surface area (Å²) in [5, 5.41) is 4.49. The molecule has 0 saturated carbocycles. The van der Waals surface area contributed by atoms with Crippen LogP contribution >= 0.6 is 93.8 Å². The quantitative estimate of drug-likeness (QED) is 0.219. The molecule has 12 nitrogen and oxygen atoms in total. The van der Waals surface area contributed by atoms with Gasteiger partial charge in [0.2, 0.25) is 16.8 Å². The number of hydrogen-bond acceptors (Lipinski definition) is 8. The summed E-state index contributed by atoms with van der Waals surface area (Å²) in [5.74, 6) is 0. The second-order valence-electron chi connectivity index (χ2n) is 20.9. The molecular weight excluding hydrogens is 1230 g/mol. The zero-order chi connectivity index (χ0) is 54.9. The normalized spacial score (nSPS) is 23.0. The van der Waals surface area contributed by atoms with Gasteiger partial charge in [-0.05, 0) is 24.3 Å². The van der Waals surface area contributed by atoms with Crippen LogP contribution in [0.5, 0.6) is 0 Å². The summed E-state index contributed by atoms with van der Waals surface area (Å²) in [7, 11) is 24.6. The SMILES string of the molecule is C1CC[OH+]C1.C1CC[OH+]C1.C1CC[OH+]C1.C1CC[OH+]C1.CC.CC1(C)COP(c2ccccc2P2OCC(C)(C)CO2)OC1.CC1(C)CO[PH+](c2ccccc2[PH+]2OCC(C)(C)CO2)OC1.[Cl][Cr]([Cl])[Cl].[Cl][Cr]([Cl])[Cl]. The predicted octanol–water partition coefficient (Wildman–Crippen LogP) is 13.3. The molecule has 24 heteroatoms. The van der Waals surface area contributed by atoms with E-state index < -0.39 is 56.3 Å². The van der Waals surface area contributed by atoms with Gasteiger partial charge in [-0.1, -0.05) is 93.5 Å². The van der Waals surface area contributed by atoms with Crippen LogP contribution < -0.4 is 21.2 Å². The van der Waals surface area contributed by atoms with E-state index in [1.165, 1.54) is 51.4 Å². The van der Waals surface area contributed by atoms with Crippen LogP contribution in [0.25, 0.3) is 0 Å². The molecule has 0 spiro atoms. The van der Waals surface area contributed by atoms with Crippen molar-refractivity contribution in [3.8, 4) is 0 Å². The first-order valence-corrected chi connectivity index (χ1v) is 41.3. The fourth-order valence-electron chi connectivity index (χ4n) is 6.74. The molecule has 8 aliphatic heterocycles. The first-order valence-electron chi connectivity index (χ1n) is 25.7. The molecular formula is C50H92Cl6Cr2O12P4+6. The third-order valence-electron chi connectivity index (χ3n) is 10.8. The van der Waals surface area contributed by atoms with E-state index in [0.717, 1.165) is 127 Å². The van der Waals surface area contributed by atoms with Gasteiger partial charge in [0.05, 0.1) is 26.4 Å². The summed E-state index contributed by atoms with van der Waals surface area (Å²) in [5.41, 5.74) is 0.362.